The largest absolute Gasteiger partial charge is 0.389 e. The molecule has 114 valence electrons. The minimum absolute atomic E-state index is 0.0558. The number of unbranched alkanes of at least 4 members (excludes halogenated alkanes) is 1. The molecule has 9 heteroatoms. The van der Waals surface area contributed by atoms with E-state index in [0.29, 0.717) is 0 Å². The van der Waals surface area contributed by atoms with Crippen LogP contribution in [0, 0.1) is 5.82 Å². The van der Waals surface area contributed by atoms with Crippen LogP contribution in [-0.4, -0.2) is 21.1 Å². The van der Waals surface area contributed by atoms with Crippen molar-refractivity contribution in [3.63, 3.8) is 0 Å². The van der Waals surface area contributed by atoms with E-state index in [0.717, 1.165) is 18.2 Å². The van der Waals surface area contributed by atoms with Crippen molar-refractivity contribution in [2.24, 2.45) is 0 Å². The van der Waals surface area contributed by atoms with Crippen molar-refractivity contribution in [3.8, 4) is 0 Å². The van der Waals surface area contributed by atoms with Crippen molar-refractivity contribution in [2.45, 2.75) is 30.3 Å². The molecule has 0 fully saturated rings. The van der Waals surface area contributed by atoms with E-state index in [2.05, 4.69) is 20.7 Å². The first-order chi connectivity index (χ1) is 9.12. The lowest BCUT2D eigenvalue weighted by molar-refractivity contribution is -0.135. The zero-order valence-electron chi connectivity index (χ0n) is 10.2. The Labute approximate surface area is 122 Å². The molecule has 0 spiro atoms. The lowest BCUT2D eigenvalue weighted by Crippen LogP contribution is -2.25. The van der Waals surface area contributed by atoms with E-state index in [1.165, 1.54) is 0 Å². The van der Waals surface area contributed by atoms with Crippen LogP contribution in [0.25, 0.3) is 0 Å². The molecular weight excluding hydrogens is 366 g/mol. The highest BCUT2D eigenvalue weighted by Gasteiger charge is 2.26. The first-order valence-corrected chi connectivity index (χ1v) is 7.91. The Morgan fingerprint density at radius 1 is 1.20 bits per heavy atom. The van der Waals surface area contributed by atoms with Crippen LogP contribution in [0.1, 0.15) is 19.3 Å². The summed E-state index contributed by atoms with van der Waals surface area (Å²) in [5.74, 6) is -0.596. The van der Waals surface area contributed by atoms with Gasteiger partial charge in [0, 0.05) is 17.4 Å². The summed E-state index contributed by atoms with van der Waals surface area (Å²) in [7, 11) is -3.87. The summed E-state index contributed by atoms with van der Waals surface area (Å²) >= 11 is 2.92. The van der Waals surface area contributed by atoms with E-state index in [9.17, 15) is 26.0 Å². The number of benzene rings is 1. The fraction of sp³-hybridized carbons (Fsp3) is 0.455. The minimum atomic E-state index is -4.24. The molecule has 1 aromatic rings. The third-order valence-corrected chi connectivity index (χ3v) is 4.80. The SMILES string of the molecule is O=S(=O)(NCCCCC(F)(F)F)c1ccc(F)cc1Br. The number of hydrogen-bond acceptors (Lipinski definition) is 2. The van der Waals surface area contributed by atoms with Gasteiger partial charge >= 0.3 is 6.18 Å². The van der Waals surface area contributed by atoms with Crippen LogP contribution in [0.15, 0.2) is 27.6 Å². The van der Waals surface area contributed by atoms with Gasteiger partial charge < -0.3 is 0 Å². The lowest BCUT2D eigenvalue weighted by atomic mass is 10.2. The highest BCUT2D eigenvalue weighted by molar-refractivity contribution is 9.10. The first-order valence-electron chi connectivity index (χ1n) is 5.63. The quantitative estimate of drug-likeness (QED) is 0.608. The van der Waals surface area contributed by atoms with Gasteiger partial charge in [0.05, 0.1) is 4.90 Å². The van der Waals surface area contributed by atoms with Gasteiger partial charge in [0.15, 0.2) is 0 Å². The molecule has 0 aliphatic heterocycles. The van der Waals surface area contributed by atoms with Crippen molar-refractivity contribution < 1.29 is 26.0 Å². The maximum absolute atomic E-state index is 12.8. The van der Waals surface area contributed by atoms with Crippen LogP contribution >= 0.6 is 15.9 Å². The van der Waals surface area contributed by atoms with Crippen molar-refractivity contribution in [1.82, 2.24) is 4.72 Å². The molecule has 0 saturated heterocycles. The van der Waals surface area contributed by atoms with Crippen LogP contribution in [0.4, 0.5) is 17.6 Å². The van der Waals surface area contributed by atoms with Crippen LogP contribution in [0.3, 0.4) is 0 Å². The Bertz CT molecular complexity index is 560. The third-order valence-electron chi connectivity index (χ3n) is 2.36. The second-order valence-electron chi connectivity index (χ2n) is 4.04. The molecule has 0 heterocycles. The van der Waals surface area contributed by atoms with E-state index >= 15 is 0 Å². The van der Waals surface area contributed by atoms with Gasteiger partial charge in [-0.25, -0.2) is 17.5 Å². The molecule has 3 nitrogen and oxygen atoms in total. The van der Waals surface area contributed by atoms with Crippen molar-refractivity contribution in [3.05, 3.63) is 28.5 Å². The number of hydrogen-bond donors (Lipinski definition) is 1. The van der Waals surface area contributed by atoms with Gasteiger partial charge in [0.2, 0.25) is 10.0 Å². The molecule has 0 atom stereocenters. The maximum atomic E-state index is 12.8. The zero-order valence-corrected chi connectivity index (χ0v) is 12.6. The fourth-order valence-corrected chi connectivity index (χ4v) is 3.55. The molecule has 0 aliphatic carbocycles. The Kier molecular flexibility index (Phi) is 5.96. The molecule has 0 radical (unpaired) electrons. The van der Waals surface area contributed by atoms with E-state index in [4.69, 9.17) is 0 Å². The molecular formula is C11H12BrF4NO2S. The van der Waals surface area contributed by atoms with Gasteiger partial charge in [-0.3, -0.25) is 0 Å². The first kappa shape index (κ1) is 17.4. The zero-order chi connectivity index (χ0) is 15.4. The number of nitrogens with one attached hydrogen (secondary N) is 1. The molecule has 1 rings (SSSR count). The highest BCUT2D eigenvalue weighted by Crippen LogP contribution is 2.23. The summed E-state index contributed by atoms with van der Waals surface area (Å²) in [5, 5.41) is 0. The Morgan fingerprint density at radius 2 is 1.85 bits per heavy atom. The monoisotopic (exact) mass is 377 g/mol. The Balaban J connectivity index is 2.54. The summed E-state index contributed by atoms with van der Waals surface area (Å²) in [6.45, 7) is -0.109. The van der Waals surface area contributed by atoms with E-state index in [1.807, 2.05) is 0 Å². The van der Waals surface area contributed by atoms with Gasteiger partial charge in [-0.05, 0) is 47.0 Å². The maximum Gasteiger partial charge on any atom is 0.389 e. The van der Waals surface area contributed by atoms with Crippen LogP contribution in [-0.2, 0) is 10.0 Å². The average molecular weight is 378 g/mol. The van der Waals surface area contributed by atoms with Gasteiger partial charge in [0.25, 0.3) is 0 Å². The molecule has 1 N–H and O–H groups in total. The molecule has 0 aromatic heterocycles. The highest BCUT2D eigenvalue weighted by atomic mass is 79.9. The lowest BCUT2D eigenvalue weighted by Gasteiger charge is -2.09. The Hall–Kier alpha value is -0.670. The van der Waals surface area contributed by atoms with Crippen LogP contribution in [0.5, 0.6) is 0 Å². The van der Waals surface area contributed by atoms with E-state index < -0.39 is 28.4 Å². The van der Waals surface area contributed by atoms with Gasteiger partial charge in [-0.2, -0.15) is 13.2 Å². The predicted molar refractivity (Wildman–Crippen MR) is 69.2 cm³/mol. The van der Waals surface area contributed by atoms with Gasteiger partial charge in [-0.15, -0.1) is 0 Å². The number of rotatable bonds is 6. The molecule has 0 unspecified atom stereocenters. The van der Waals surface area contributed by atoms with Crippen LogP contribution < -0.4 is 4.72 Å². The van der Waals surface area contributed by atoms with Crippen molar-refractivity contribution in [2.75, 3.05) is 6.54 Å². The normalized spacial score (nSPS) is 12.7. The number of halogens is 5. The Morgan fingerprint density at radius 3 is 2.40 bits per heavy atom. The second-order valence-corrected chi connectivity index (χ2v) is 6.63. The second kappa shape index (κ2) is 6.86. The standard InChI is InChI=1S/C11H12BrF4NO2S/c12-9-7-8(13)3-4-10(9)20(18,19)17-6-2-1-5-11(14,15)16/h3-4,7,17H,1-2,5-6H2. The summed E-state index contributed by atoms with van der Waals surface area (Å²) in [5.41, 5.74) is 0. The third kappa shape index (κ3) is 5.76. The molecule has 20 heavy (non-hydrogen) atoms. The summed E-state index contributed by atoms with van der Waals surface area (Å²) in [6.07, 6.45) is -5.28. The summed E-state index contributed by atoms with van der Waals surface area (Å²) in [6, 6.07) is 3.07. The average Bonchev–Trinajstić information content (AvgIpc) is 2.26. The molecule has 0 saturated carbocycles. The minimum Gasteiger partial charge on any atom is -0.211 e. The topological polar surface area (TPSA) is 46.2 Å². The summed E-state index contributed by atoms with van der Waals surface area (Å²) in [4.78, 5) is -0.158. The predicted octanol–water partition coefficient (Wildman–Crippen LogP) is 3.60. The molecule has 0 amide bonds. The fourth-order valence-electron chi connectivity index (χ4n) is 1.43. The molecule has 0 aliphatic rings. The number of sulfonamides is 1. The van der Waals surface area contributed by atoms with Crippen molar-refractivity contribution >= 4 is 26.0 Å². The molecule has 0 bridgehead atoms. The van der Waals surface area contributed by atoms with Gasteiger partial charge in [0.1, 0.15) is 5.82 Å². The number of alkyl halides is 3. The van der Waals surface area contributed by atoms with Crippen LogP contribution in [0.2, 0.25) is 0 Å². The van der Waals surface area contributed by atoms with E-state index in [1.54, 1.807) is 0 Å². The smallest absolute Gasteiger partial charge is 0.211 e. The molecule has 1 aromatic carbocycles. The van der Waals surface area contributed by atoms with Crippen molar-refractivity contribution in [1.29, 1.82) is 0 Å². The van der Waals surface area contributed by atoms with Gasteiger partial charge in [-0.1, -0.05) is 0 Å². The summed E-state index contributed by atoms with van der Waals surface area (Å²) < 4.78 is 74.4. The van der Waals surface area contributed by atoms with E-state index in [-0.39, 0.29) is 28.8 Å².